The zero-order valence-corrected chi connectivity index (χ0v) is 15.8. The maximum atomic E-state index is 12.6. The lowest BCUT2D eigenvalue weighted by Crippen LogP contribution is -2.31. The van der Waals surface area contributed by atoms with Gasteiger partial charge in [-0.05, 0) is 30.3 Å². The normalized spacial score (nSPS) is 16.1. The Morgan fingerprint density at radius 3 is 2.57 bits per heavy atom. The Balaban J connectivity index is 1.47. The van der Waals surface area contributed by atoms with Crippen LogP contribution in [0.2, 0.25) is 0 Å². The van der Waals surface area contributed by atoms with Crippen LogP contribution in [0.4, 0.5) is 0 Å². The second-order valence-electron chi connectivity index (χ2n) is 6.54. The van der Waals surface area contributed by atoms with Crippen molar-refractivity contribution in [1.29, 1.82) is 0 Å². The summed E-state index contributed by atoms with van der Waals surface area (Å²) < 4.78 is 36.0. The molecule has 2 heterocycles. The van der Waals surface area contributed by atoms with Gasteiger partial charge in [0.1, 0.15) is 17.3 Å². The van der Waals surface area contributed by atoms with Crippen molar-refractivity contribution < 1.29 is 22.4 Å². The summed E-state index contributed by atoms with van der Waals surface area (Å²) in [7, 11) is -3.53. The Labute approximate surface area is 163 Å². The van der Waals surface area contributed by atoms with Gasteiger partial charge in [0.2, 0.25) is 0 Å². The van der Waals surface area contributed by atoms with E-state index in [4.69, 9.17) is 9.15 Å². The predicted octanol–water partition coefficient (Wildman–Crippen LogP) is 3.51. The fourth-order valence-electron chi connectivity index (χ4n) is 3.20. The van der Waals surface area contributed by atoms with Crippen LogP contribution in [0.3, 0.4) is 0 Å². The van der Waals surface area contributed by atoms with Gasteiger partial charge in [0.25, 0.3) is 5.91 Å². The number of sulfone groups is 1. The molecule has 4 rings (SSSR count). The van der Waals surface area contributed by atoms with E-state index in [0.29, 0.717) is 13.0 Å². The number of furan rings is 1. The maximum absolute atomic E-state index is 12.6. The highest BCUT2D eigenvalue weighted by Gasteiger charge is 2.25. The van der Waals surface area contributed by atoms with Crippen LogP contribution >= 0.6 is 0 Å². The summed E-state index contributed by atoms with van der Waals surface area (Å²) in [6, 6.07) is 18.6. The molecule has 3 aromatic rings. The molecule has 0 bridgehead atoms. The van der Waals surface area contributed by atoms with Crippen LogP contribution in [0.15, 0.2) is 76.0 Å². The molecule has 0 spiro atoms. The molecular weight excluding hydrogens is 378 g/mol. The first-order valence-corrected chi connectivity index (χ1v) is 10.6. The third kappa shape index (κ3) is 3.80. The summed E-state index contributed by atoms with van der Waals surface area (Å²) in [5.74, 6) is 0.381. The van der Waals surface area contributed by atoms with E-state index in [1.54, 1.807) is 18.2 Å². The van der Waals surface area contributed by atoms with E-state index in [0.717, 1.165) is 11.3 Å². The number of benzene rings is 2. The van der Waals surface area contributed by atoms with Crippen molar-refractivity contribution in [2.45, 2.75) is 23.1 Å². The molecule has 0 saturated heterocycles. The Kier molecular flexibility index (Phi) is 4.92. The van der Waals surface area contributed by atoms with Crippen molar-refractivity contribution in [3.8, 4) is 5.75 Å². The van der Waals surface area contributed by atoms with Gasteiger partial charge in [-0.3, -0.25) is 4.79 Å². The Hall–Kier alpha value is -3.06. The standard InChI is InChI=1S/C21H19NO5S/c23-21(22-18-12-13-26-19-9-5-4-8-17(18)19)20-11-10-15(27-20)14-28(24,25)16-6-2-1-3-7-16/h1-11,18H,12-14H2,(H,22,23)/t18-/m1/s1. The minimum atomic E-state index is -3.53. The summed E-state index contributed by atoms with van der Waals surface area (Å²) in [5, 5.41) is 2.94. The fraction of sp³-hybridized carbons (Fsp3) is 0.190. The molecule has 1 N–H and O–H groups in total. The van der Waals surface area contributed by atoms with Crippen LogP contribution in [0.5, 0.6) is 5.75 Å². The van der Waals surface area contributed by atoms with Crippen LogP contribution in [-0.4, -0.2) is 20.9 Å². The van der Waals surface area contributed by atoms with Crippen LogP contribution in [0.1, 0.15) is 34.3 Å². The highest BCUT2D eigenvalue weighted by molar-refractivity contribution is 7.90. The number of carbonyl (C=O) groups is 1. The molecule has 1 amide bonds. The van der Waals surface area contributed by atoms with Crippen molar-refractivity contribution in [2.24, 2.45) is 0 Å². The lowest BCUT2D eigenvalue weighted by atomic mass is 10.0. The number of fused-ring (bicyclic) bond motifs is 1. The summed E-state index contributed by atoms with van der Waals surface area (Å²) >= 11 is 0. The molecule has 1 aliphatic heterocycles. The predicted molar refractivity (Wildman–Crippen MR) is 103 cm³/mol. The van der Waals surface area contributed by atoms with Gasteiger partial charge in [0.15, 0.2) is 15.6 Å². The van der Waals surface area contributed by atoms with Crippen LogP contribution < -0.4 is 10.1 Å². The molecule has 0 radical (unpaired) electrons. The van der Waals surface area contributed by atoms with Gasteiger partial charge >= 0.3 is 0 Å². The van der Waals surface area contributed by atoms with Crippen molar-refractivity contribution in [3.05, 3.63) is 83.8 Å². The first-order chi connectivity index (χ1) is 13.5. The monoisotopic (exact) mass is 397 g/mol. The molecule has 0 fully saturated rings. The largest absolute Gasteiger partial charge is 0.493 e. The van der Waals surface area contributed by atoms with E-state index in [1.165, 1.54) is 24.3 Å². The molecular formula is C21H19NO5S. The van der Waals surface area contributed by atoms with Crippen molar-refractivity contribution in [1.82, 2.24) is 5.32 Å². The van der Waals surface area contributed by atoms with Crippen molar-refractivity contribution in [3.63, 3.8) is 0 Å². The Morgan fingerprint density at radius 1 is 1.00 bits per heavy atom. The SMILES string of the molecule is O=C(N[C@@H]1CCOc2ccccc21)c1ccc(CS(=O)(=O)c2ccccc2)o1. The van der Waals surface area contributed by atoms with Gasteiger partial charge in [-0.15, -0.1) is 0 Å². The number of carbonyl (C=O) groups excluding carboxylic acids is 1. The quantitative estimate of drug-likeness (QED) is 0.712. The number of hydrogen-bond donors (Lipinski definition) is 1. The second-order valence-corrected chi connectivity index (χ2v) is 8.53. The lowest BCUT2D eigenvalue weighted by molar-refractivity contribution is 0.0895. The Morgan fingerprint density at radius 2 is 1.75 bits per heavy atom. The van der Waals surface area contributed by atoms with Gasteiger partial charge < -0.3 is 14.5 Å². The van der Waals surface area contributed by atoms with Gasteiger partial charge in [-0.2, -0.15) is 0 Å². The molecule has 7 heteroatoms. The summed E-state index contributed by atoms with van der Waals surface area (Å²) in [6.07, 6.45) is 0.651. The molecule has 1 atom stereocenters. The molecule has 28 heavy (non-hydrogen) atoms. The smallest absolute Gasteiger partial charge is 0.287 e. The topological polar surface area (TPSA) is 85.6 Å². The van der Waals surface area contributed by atoms with Crippen LogP contribution in [0.25, 0.3) is 0 Å². The zero-order valence-electron chi connectivity index (χ0n) is 15.0. The fourth-order valence-corrected chi connectivity index (χ4v) is 4.47. The van der Waals surface area contributed by atoms with E-state index in [1.807, 2.05) is 24.3 Å². The first-order valence-electron chi connectivity index (χ1n) is 8.92. The molecule has 144 valence electrons. The third-order valence-corrected chi connectivity index (χ3v) is 6.24. The zero-order chi connectivity index (χ0) is 19.6. The van der Waals surface area contributed by atoms with E-state index >= 15 is 0 Å². The van der Waals surface area contributed by atoms with Crippen molar-refractivity contribution in [2.75, 3.05) is 6.61 Å². The van der Waals surface area contributed by atoms with Gasteiger partial charge in [0, 0.05) is 12.0 Å². The Bertz CT molecular complexity index is 1090. The number of amides is 1. The average molecular weight is 397 g/mol. The minimum Gasteiger partial charge on any atom is -0.493 e. The summed E-state index contributed by atoms with van der Waals surface area (Å²) in [5.41, 5.74) is 0.917. The summed E-state index contributed by atoms with van der Waals surface area (Å²) in [6.45, 7) is 0.515. The number of nitrogens with one attached hydrogen (secondary N) is 1. The molecule has 2 aromatic carbocycles. The van der Waals surface area contributed by atoms with E-state index in [9.17, 15) is 13.2 Å². The van der Waals surface area contributed by atoms with E-state index in [-0.39, 0.29) is 34.1 Å². The van der Waals surface area contributed by atoms with Gasteiger partial charge in [-0.1, -0.05) is 36.4 Å². The number of rotatable bonds is 5. The molecule has 6 nitrogen and oxygen atoms in total. The molecule has 1 aromatic heterocycles. The molecule has 0 unspecified atom stereocenters. The highest BCUT2D eigenvalue weighted by Crippen LogP contribution is 2.31. The lowest BCUT2D eigenvalue weighted by Gasteiger charge is -2.26. The highest BCUT2D eigenvalue weighted by atomic mass is 32.2. The van der Waals surface area contributed by atoms with Crippen LogP contribution in [0, 0.1) is 0 Å². The second kappa shape index (κ2) is 7.52. The average Bonchev–Trinajstić information content (AvgIpc) is 3.17. The number of hydrogen-bond acceptors (Lipinski definition) is 5. The van der Waals surface area contributed by atoms with Crippen molar-refractivity contribution >= 4 is 15.7 Å². The first kappa shape index (κ1) is 18.3. The van der Waals surface area contributed by atoms with E-state index < -0.39 is 9.84 Å². The molecule has 1 aliphatic rings. The maximum Gasteiger partial charge on any atom is 0.287 e. The number of para-hydroxylation sites is 1. The third-order valence-electron chi connectivity index (χ3n) is 4.58. The minimum absolute atomic E-state index is 0.0854. The molecule has 0 aliphatic carbocycles. The van der Waals surface area contributed by atoms with Crippen LogP contribution in [-0.2, 0) is 15.6 Å². The van der Waals surface area contributed by atoms with Gasteiger partial charge in [-0.25, -0.2) is 8.42 Å². The summed E-state index contributed by atoms with van der Waals surface area (Å²) in [4.78, 5) is 12.8. The molecule has 0 saturated carbocycles. The number of ether oxygens (including phenoxy) is 1. The van der Waals surface area contributed by atoms with Gasteiger partial charge in [0.05, 0.1) is 17.5 Å². The van der Waals surface area contributed by atoms with E-state index in [2.05, 4.69) is 5.32 Å².